The predicted molar refractivity (Wildman–Crippen MR) is 68.1 cm³/mol. The summed E-state index contributed by atoms with van der Waals surface area (Å²) >= 11 is 0. The predicted octanol–water partition coefficient (Wildman–Crippen LogP) is 2.04. The van der Waals surface area contributed by atoms with Crippen LogP contribution in [0.3, 0.4) is 0 Å². The van der Waals surface area contributed by atoms with E-state index in [1.54, 1.807) is 0 Å². The summed E-state index contributed by atoms with van der Waals surface area (Å²) in [6, 6.07) is 4.78. The van der Waals surface area contributed by atoms with Gasteiger partial charge in [-0.3, -0.25) is 4.79 Å². The molecule has 1 amide bonds. The van der Waals surface area contributed by atoms with Crippen LogP contribution in [0.1, 0.15) is 30.9 Å². The standard InChI is InChI=1S/C14H19FN2O/c1-2-10-6-14(18)17(8-10)9-12-3-11(7-16)4-13(15)5-12/h3-5,10H,2,6-9,16H2,1H3. The summed E-state index contributed by atoms with van der Waals surface area (Å²) in [4.78, 5) is 13.6. The molecule has 1 aromatic carbocycles. The first-order chi connectivity index (χ1) is 8.62. The van der Waals surface area contributed by atoms with E-state index in [1.807, 2.05) is 11.0 Å². The molecule has 0 aliphatic carbocycles. The average Bonchev–Trinajstić information content (AvgIpc) is 2.69. The molecule has 3 nitrogen and oxygen atoms in total. The van der Waals surface area contributed by atoms with Crippen LogP contribution in [0.25, 0.3) is 0 Å². The Bertz CT molecular complexity index is 447. The molecule has 0 bridgehead atoms. The fourth-order valence-electron chi connectivity index (χ4n) is 2.43. The Hall–Kier alpha value is -1.42. The maximum Gasteiger partial charge on any atom is 0.223 e. The van der Waals surface area contributed by atoms with Gasteiger partial charge in [0.2, 0.25) is 5.91 Å². The summed E-state index contributed by atoms with van der Waals surface area (Å²) in [5.41, 5.74) is 7.11. The lowest BCUT2D eigenvalue weighted by atomic mass is 10.1. The number of nitrogens with two attached hydrogens (primary N) is 1. The van der Waals surface area contributed by atoms with Crippen molar-refractivity contribution in [1.82, 2.24) is 4.90 Å². The third-order valence-electron chi connectivity index (χ3n) is 3.50. The fraction of sp³-hybridized carbons (Fsp3) is 0.500. The zero-order chi connectivity index (χ0) is 13.1. The topological polar surface area (TPSA) is 46.3 Å². The second-order valence-corrected chi connectivity index (χ2v) is 4.92. The number of benzene rings is 1. The Morgan fingerprint density at radius 3 is 2.72 bits per heavy atom. The quantitative estimate of drug-likeness (QED) is 0.889. The number of amides is 1. The number of hydrogen-bond acceptors (Lipinski definition) is 2. The van der Waals surface area contributed by atoms with E-state index in [0.29, 0.717) is 25.4 Å². The lowest BCUT2D eigenvalue weighted by molar-refractivity contribution is -0.128. The van der Waals surface area contributed by atoms with Crippen molar-refractivity contribution in [3.63, 3.8) is 0 Å². The maximum absolute atomic E-state index is 13.4. The molecule has 1 saturated heterocycles. The Labute approximate surface area is 107 Å². The number of halogens is 1. The Balaban J connectivity index is 2.09. The molecule has 1 atom stereocenters. The van der Waals surface area contributed by atoms with Crippen LogP contribution in [0.2, 0.25) is 0 Å². The van der Waals surface area contributed by atoms with Gasteiger partial charge >= 0.3 is 0 Å². The zero-order valence-electron chi connectivity index (χ0n) is 10.7. The number of nitrogens with zero attached hydrogens (tertiary/aromatic N) is 1. The second kappa shape index (κ2) is 5.48. The third kappa shape index (κ3) is 2.88. The summed E-state index contributed by atoms with van der Waals surface area (Å²) in [6.07, 6.45) is 1.63. The van der Waals surface area contributed by atoms with Gasteiger partial charge in [-0.15, -0.1) is 0 Å². The molecule has 18 heavy (non-hydrogen) atoms. The van der Waals surface area contributed by atoms with Gasteiger partial charge < -0.3 is 10.6 Å². The van der Waals surface area contributed by atoms with Crippen LogP contribution in [0, 0.1) is 11.7 Å². The van der Waals surface area contributed by atoms with Gasteiger partial charge in [-0.25, -0.2) is 4.39 Å². The molecule has 0 saturated carbocycles. The van der Waals surface area contributed by atoms with Crippen LogP contribution in [0.15, 0.2) is 18.2 Å². The highest BCUT2D eigenvalue weighted by Gasteiger charge is 2.28. The molecule has 2 rings (SSSR count). The highest BCUT2D eigenvalue weighted by atomic mass is 19.1. The number of hydrogen-bond donors (Lipinski definition) is 1. The van der Waals surface area contributed by atoms with Gasteiger partial charge in [-0.2, -0.15) is 0 Å². The van der Waals surface area contributed by atoms with Gasteiger partial charge in [0, 0.05) is 26.1 Å². The van der Waals surface area contributed by atoms with Crippen molar-refractivity contribution in [3.8, 4) is 0 Å². The van der Waals surface area contributed by atoms with Crippen molar-refractivity contribution in [2.24, 2.45) is 11.7 Å². The SMILES string of the molecule is CCC1CC(=O)N(Cc2cc(F)cc(CN)c2)C1. The molecule has 1 aliphatic heterocycles. The molecule has 1 heterocycles. The first kappa shape index (κ1) is 13.0. The molecule has 1 aliphatic rings. The minimum absolute atomic E-state index is 0.167. The summed E-state index contributed by atoms with van der Waals surface area (Å²) in [5, 5.41) is 0. The summed E-state index contributed by atoms with van der Waals surface area (Å²) < 4.78 is 13.4. The Morgan fingerprint density at radius 1 is 1.39 bits per heavy atom. The van der Waals surface area contributed by atoms with Crippen LogP contribution in [0.5, 0.6) is 0 Å². The minimum atomic E-state index is -0.286. The zero-order valence-corrected chi connectivity index (χ0v) is 10.7. The van der Waals surface area contributed by atoms with Crippen molar-refractivity contribution in [2.75, 3.05) is 6.54 Å². The van der Waals surface area contributed by atoms with E-state index < -0.39 is 0 Å². The summed E-state index contributed by atoms with van der Waals surface area (Å²) in [6.45, 7) is 3.68. The van der Waals surface area contributed by atoms with Crippen LogP contribution >= 0.6 is 0 Å². The molecule has 98 valence electrons. The molecule has 0 aromatic heterocycles. The van der Waals surface area contributed by atoms with Crippen molar-refractivity contribution < 1.29 is 9.18 Å². The molecule has 1 unspecified atom stereocenters. The monoisotopic (exact) mass is 250 g/mol. The second-order valence-electron chi connectivity index (χ2n) is 4.92. The normalized spacial score (nSPS) is 19.6. The average molecular weight is 250 g/mol. The first-order valence-corrected chi connectivity index (χ1v) is 6.38. The van der Waals surface area contributed by atoms with Gasteiger partial charge in [0.05, 0.1) is 0 Å². The molecular formula is C14H19FN2O. The molecule has 4 heteroatoms. The van der Waals surface area contributed by atoms with Crippen molar-refractivity contribution >= 4 is 5.91 Å². The molecule has 0 radical (unpaired) electrons. The van der Waals surface area contributed by atoms with E-state index in [4.69, 9.17) is 5.73 Å². The van der Waals surface area contributed by atoms with Crippen molar-refractivity contribution in [1.29, 1.82) is 0 Å². The lowest BCUT2D eigenvalue weighted by Gasteiger charge is -2.17. The van der Waals surface area contributed by atoms with Crippen LogP contribution in [-0.4, -0.2) is 17.4 Å². The van der Waals surface area contributed by atoms with Crippen LogP contribution < -0.4 is 5.73 Å². The van der Waals surface area contributed by atoms with Crippen LogP contribution in [-0.2, 0) is 17.9 Å². The molecule has 1 fully saturated rings. The summed E-state index contributed by atoms with van der Waals surface area (Å²) in [5.74, 6) is 0.326. The lowest BCUT2D eigenvalue weighted by Crippen LogP contribution is -2.24. The van der Waals surface area contributed by atoms with Crippen molar-refractivity contribution in [3.05, 3.63) is 35.1 Å². The van der Waals surface area contributed by atoms with E-state index in [1.165, 1.54) is 12.1 Å². The van der Waals surface area contributed by atoms with E-state index in [9.17, 15) is 9.18 Å². The smallest absolute Gasteiger partial charge is 0.223 e. The third-order valence-corrected chi connectivity index (χ3v) is 3.50. The van der Waals surface area contributed by atoms with E-state index in [0.717, 1.165) is 24.1 Å². The largest absolute Gasteiger partial charge is 0.338 e. The molecule has 0 spiro atoms. The van der Waals surface area contributed by atoms with E-state index in [-0.39, 0.29) is 11.7 Å². The minimum Gasteiger partial charge on any atom is -0.338 e. The van der Waals surface area contributed by atoms with Gasteiger partial charge in [-0.05, 0) is 29.2 Å². The maximum atomic E-state index is 13.4. The van der Waals surface area contributed by atoms with E-state index in [2.05, 4.69) is 6.92 Å². The fourth-order valence-corrected chi connectivity index (χ4v) is 2.43. The highest BCUT2D eigenvalue weighted by molar-refractivity contribution is 5.78. The highest BCUT2D eigenvalue weighted by Crippen LogP contribution is 2.23. The van der Waals surface area contributed by atoms with Gasteiger partial charge in [0.25, 0.3) is 0 Å². The molecule has 1 aromatic rings. The molecule has 2 N–H and O–H groups in total. The Kier molecular flexibility index (Phi) is 3.97. The number of carbonyl (C=O) groups excluding carboxylic acids is 1. The summed E-state index contributed by atoms with van der Waals surface area (Å²) in [7, 11) is 0. The van der Waals surface area contributed by atoms with E-state index >= 15 is 0 Å². The van der Waals surface area contributed by atoms with Crippen LogP contribution in [0.4, 0.5) is 4.39 Å². The number of likely N-dealkylation sites (tertiary alicyclic amines) is 1. The van der Waals surface area contributed by atoms with Gasteiger partial charge in [0.1, 0.15) is 5.82 Å². The van der Waals surface area contributed by atoms with Gasteiger partial charge in [0.15, 0.2) is 0 Å². The first-order valence-electron chi connectivity index (χ1n) is 6.38. The Morgan fingerprint density at radius 2 is 2.11 bits per heavy atom. The molecular weight excluding hydrogens is 231 g/mol. The van der Waals surface area contributed by atoms with Crippen molar-refractivity contribution in [2.45, 2.75) is 32.9 Å². The number of rotatable bonds is 4. The van der Waals surface area contributed by atoms with Gasteiger partial charge in [-0.1, -0.05) is 19.4 Å². The number of carbonyl (C=O) groups is 1.